The van der Waals surface area contributed by atoms with Crippen molar-refractivity contribution in [3.05, 3.63) is 52.1 Å². The highest BCUT2D eigenvalue weighted by Crippen LogP contribution is 2.33. The van der Waals surface area contributed by atoms with Crippen molar-refractivity contribution in [3.8, 4) is 0 Å². The minimum Gasteiger partial charge on any atom is -0.291 e. The summed E-state index contributed by atoms with van der Waals surface area (Å²) in [6.45, 7) is 8.32. The van der Waals surface area contributed by atoms with Gasteiger partial charge in [-0.05, 0) is 43.4 Å². The molecule has 0 N–H and O–H groups in total. The largest absolute Gasteiger partial charge is 0.416 e. The summed E-state index contributed by atoms with van der Waals surface area (Å²) in [6, 6.07) is 5.52. The molecule has 0 unspecified atom stereocenters. The molecule has 4 nitrogen and oxygen atoms in total. The Morgan fingerprint density at radius 1 is 1.21 bits per heavy atom. The Kier molecular flexibility index (Phi) is 5.54. The van der Waals surface area contributed by atoms with Gasteiger partial charge in [-0.15, -0.1) is 0 Å². The highest BCUT2D eigenvalue weighted by Gasteiger charge is 2.33. The summed E-state index contributed by atoms with van der Waals surface area (Å²) in [5.74, 6) is -0.109. The summed E-state index contributed by atoms with van der Waals surface area (Å²) in [7, 11) is 1.94. The highest BCUT2D eigenvalue weighted by molar-refractivity contribution is 5.96. The van der Waals surface area contributed by atoms with Crippen LogP contribution in [-0.2, 0) is 25.2 Å². The summed E-state index contributed by atoms with van der Waals surface area (Å²) >= 11 is 0. The third kappa shape index (κ3) is 4.33. The predicted molar refractivity (Wildman–Crippen MR) is 106 cm³/mol. The van der Waals surface area contributed by atoms with Gasteiger partial charge >= 0.3 is 6.18 Å². The van der Waals surface area contributed by atoms with Crippen LogP contribution in [0.3, 0.4) is 0 Å². The number of aromatic nitrogens is 2. The summed E-state index contributed by atoms with van der Waals surface area (Å²) in [5.41, 5.74) is 0.445. The predicted octanol–water partition coefficient (Wildman–Crippen LogP) is 4.99. The summed E-state index contributed by atoms with van der Waals surface area (Å²) in [5, 5.41) is 0. The van der Waals surface area contributed by atoms with Crippen LogP contribution < -0.4 is 5.49 Å². The lowest BCUT2D eigenvalue weighted by Crippen LogP contribution is -2.30. The monoisotopic (exact) mass is 407 g/mol. The molecule has 0 radical (unpaired) electrons. The lowest BCUT2D eigenvalue weighted by atomic mass is 9.85. The number of hydrogen-bond donors (Lipinski definition) is 0. The Labute approximate surface area is 169 Å². The summed E-state index contributed by atoms with van der Waals surface area (Å²) < 4.78 is 43.6. The van der Waals surface area contributed by atoms with E-state index in [0.29, 0.717) is 11.4 Å². The number of benzene rings is 1. The van der Waals surface area contributed by atoms with Crippen LogP contribution in [0.4, 0.5) is 13.2 Å². The molecule has 2 aromatic rings. The second-order valence-electron chi connectivity index (χ2n) is 8.93. The van der Waals surface area contributed by atoms with E-state index in [1.807, 2.05) is 22.5 Å². The number of hydrogen-bond acceptors (Lipinski definition) is 1. The fourth-order valence-electron chi connectivity index (χ4n) is 3.84. The lowest BCUT2D eigenvalue weighted by Gasteiger charge is -2.27. The van der Waals surface area contributed by atoms with Gasteiger partial charge in [0, 0.05) is 36.3 Å². The molecule has 1 fully saturated rings. The molecule has 1 aromatic heterocycles. The van der Waals surface area contributed by atoms with Crippen LogP contribution in [0.25, 0.3) is 0 Å². The summed E-state index contributed by atoms with van der Waals surface area (Å²) in [6.07, 6.45) is -1.01. The quantitative estimate of drug-likeness (QED) is 0.706. The van der Waals surface area contributed by atoms with Crippen LogP contribution in [-0.4, -0.2) is 15.3 Å². The maximum Gasteiger partial charge on any atom is 0.416 e. The molecule has 0 atom stereocenters. The molecular weight excluding hydrogens is 379 g/mol. The first-order valence-corrected chi connectivity index (χ1v) is 9.93. The fraction of sp³-hybridized carbons (Fsp3) is 0.545. The molecule has 1 aromatic carbocycles. The van der Waals surface area contributed by atoms with Gasteiger partial charge in [-0.1, -0.05) is 33.3 Å². The standard InChI is InChI=1S/C22H28F3N3O/c1-14-16(10-7-11-17(14)22(23,24)25)20(29)26-19-12-18(21(2,3)4)27(5)28(19)13-15-8-6-9-15/h7,10-12,15H,6,8-9,13H2,1-5H3. The van der Waals surface area contributed by atoms with Gasteiger partial charge in [-0.3, -0.25) is 14.2 Å². The highest BCUT2D eigenvalue weighted by atomic mass is 19.4. The van der Waals surface area contributed by atoms with Crippen LogP contribution in [0.15, 0.2) is 29.3 Å². The molecule has 0 spiro atoms. The minimum atomic E-state index is -4.50. The number of rotatable bonds is 3. The van der Waals surface area contributed by atoms with E-state index in [1.54, 1.807) is 0 Å². The minimum absolute atomic E-state index is 0.0174. The van der Waals surface area contributed by atoms with E-state index in [4.69, 9.17) is 0 Å². The normalized spacial score (nSPS) is 16.2. The van der Waals surface area contributed by atoms with E-state index >= 15 is 0 Å². The second-order valence-corrected chi connectivity index (χ2v) is 8.93. The van der Waals surface area contributed by atoms with Gasteiger partial charge in [0.05, 0.1) is 5.56 Å². The van der Waals surface area contributed by atoms with Crippen LogP contribution in [0.2, 0.25) is 0 Å². The zero-order valence-electron chi connectivity index (χ0n) is 17.6. The van der Waals surface area contributed by atoms with Crippen molar-refractivity contribution in [2.45, 2.75) is 65.1 Å². The molecule has 1 amide bonds. The maximum atomic E-state index is 13.2. The van der Waals surface area contributed by atoms with Crippen LogP contribution in [0.1, 0.15) is 67.2 Å². The zero-order chi connectivity index (χ0) is 21.6. The van der Waals surface area contributed by atoms with Gasteiger partial charge in [0.1, 0.15) is 0 Å². The molecule has 0 saturated heterocycles. The zero-order valence-corrected chi connectivity index (χ0v) is 17.6. The molecule has 1 aliphatic rings. The number of carbonyl (C=O) groups excluding carboxylic acids is 1. The fourth-order valence-corrected chi connectivity index (χ4v) is 3.84. The summed E-state index contributed by atoms with van der Waals surface area (Å²) in [4.78, 5) is 17.1. The Morgan fingerprint density at radius 3 is 2.38 bits per heavy atom. The van der Waals surface area contributed by atoms with Gasteiger partial charge in [-0.25, -0.2) is 0 Å². The smallest absolute Gasteiger partial charge is 0.291 e. The Morgan fingerprint density at radius 2 is 1.86 bits per heavy atom. The third-order valence-corrected chi connectivity index (χ3v) is 5.75. The molecule has 158 valence electrons. The topological polar surface area (TPSA) is 39.3 Å². The molecule has 3 rings (SSSR count). The van der Waals surface area contributed by atoms with E-state index in [2.05, 4.69) is 25.8 Å². The van der Waals surface area contributed by atoms with Crippen molar-refractivity contribution in [3.63, 3.8) is 0 Å². The average molecular weight is 407 g/mol. The molecule has 0 aliphatic heterocycles. The van der Waals surface area contributed by atoms with Crippen LogP contribution in [0.5, 0.6) is 0 Å². The van der Waals surface area contributed by atoms with Crippen LogP contribution in [0, 0.1) is 12.8 Å². The van der Waals surface area contributed by atoms with Gasteiger partial charge in [0.25, 0.3) is 5.91 Å². The molecule has 7 heteroatoms. The number of carbonyl (C=O) groups is 1. The van der Waals surface area contributed by atoms with E-state index < -0.39 is 17.6 Å². The van der Waals surface area contributed by atoms with Gasteiger partial charge in [0.2, 0.25) is 0 Å². The SMILES string of the molecule is Cc1c(C(=O)N=c2cc(C(C)(C)C)n(C)n2CC2CCC2)cccc1C(F)(F)F. The maximum absolute atomic E-state index is 13.2. The van der Waals surface area contributed by atoms with E-state index in [1.165, 1.54) is 25.5 Å². The van der Waals surface area contributed by atoms with E-state index in [9.17, 15) is 18.0 Å². The van der Waals surface area contributed by atoms with Crippen LogP contribution >= 0.6 is 0 Å². The number of nitrogens with zero attached hydrogens (tertiary/aromatic N) is 3. The van der Waals surface area contributed by atoms with Crippen molar-refractivity contribution in [1.82, 2.24) is 9.36 Å². The molecule has 29 heavy (non-hydrogen) atoms. The van der Waals surface area contributed by atoms with E-state index in [-0.39, 0.29) is 16.5 Å². The molecule has 0 bridgehead atoms. The molecule has 1 saturated carbocycles. The second kappa shape index (κ2) is 7.50. The van der Waals surface area contributed by atoms with Gasteiger partial charge in [0.15, 0.2) is 5.49 Å². The molecule has 1 heterocycles. The van der Waals surface area contributed by atoms with Crippen molar-refractivity contribution in [2.24, 2.45) is 18.0 Å². The van der Waals surface area contributed by atoms with Crippen molar-refractivity contribution in [2.75, 3.05) is 0 Å². The Balaban J connectivity index is 2.09. The third-order valence-electron chi connectivity index (χ3n) is 5.75. The first-order valence-electron chi connectivity index (χ1n) is 9.93. The Hall–Kier alpha value is -2.31. The molecular formula is C22H28F3N3O. The number of halogens is 3. The van der Waals surface area contributed by atoms with Gasteiger partial charge < -0.3 is 0 Å². The first kappa shape index (κ1) is 21.4. The molecule has 1 aliphatic carbocycles. The van der Waals surface area contributed by atoms with Crippen molar-refractivity contribution in [1.29, 1.82) is 0 Å². The lowest BCUT2D eigenvalue weighted by molar-refractivity contribution is -0.138. The van der Waals surface area contributed by atoms with E-state index in [0.717, 1.165) is 31.1 Å². The first-order chi connectivity index (χ1) is 13.4. The van der Waals surface area contributed by atoms with Crippen molar-refractivity contribution < 1.29 is 18.0 Å². The average Bonchev–Trinajstić information content (AvgIpc) is 2.86. The Bertz CT molecular complexity index is 986. The van der Waals surface area contributed by atoms with Crippen molar-refractivity contribution >= 4 is 5.91 Å². The number of amides is 1. The number of alkyl halides is 3. The van der Waals surface area contributed by atoms with Gasteiger partial charge in [-0.2, -0.15) is 18.2 Å².